The first-order valence-electron chi connectivity index (χ1n) is 10.2. The molecule has 0 spiro atoms. The molecule has 1 aliphatic heterocycles. The molecule has 1 atom stereocenters. The second-order valence-corrected chi connectivity index (χ2v) is 8.94. The van der Waals surface area contributed by atoms with Crippen LogP contribution in [0, 0.1) is 6.92 Å². The van der Waals surface area contributed by atoms with E-state index in [1.807, 2.05) is 25.1 Å². The summed E-state index contributed by atoms with van der Waals surface area (Å²) in [4.78, 5) is 36.0. The van der Waals surface area contributed by atoms with Gasteiger partial charge in [-0.3, -0.25) is 14.5 Å². The number of nitrogens with zero attached hydrogens (tertiary/aromatic N) is 4. The summed E-state index contributed by atoms with van der Waals surface area (Å²) in [6, 6.07) is 9.96. The summed E-state index contributed by atoms with van der Waals surface area (Å²) >= 11 is 1.28. The number of fused-ring (bicyclic) bond motifs is 1. The Morgan fingerprint density at radius 1 is 1.17 bits per heavy atom. The average Bonchev–Trinajstić information content (AvgIpc) is 3.09. The van der Waals surface area contributed by atoms with Gasteiger partial charge < -0.3 is 14.8 Å². The van der Waals surface area contributed by atoms with Crippen molar-refractivity contribution < 1.29 is 4.79 Å². The SMILES string of the molecule is Cc1c(C(=O)NC(CN2CCN(C)CC2)c2ccccc2)sc2ncn(C)c(=O)c12. The van der Waals surface area contributed by atoms with E-state index < -0.39 is 0 Å². The monoisotopic (exact) mass is 425 g/mol. The number of piperazine rings is 1. The van der Waals surface area contributed by atoms with Gasteiger partial charge in [-0.15, -0.1) is 11.3 Å². The molecule has 3 aromatic rings. The highest BCUT2D eigenvalue weighted by molar-refractivity contribution is 7.20. The molecule has 1 amide bonds. The lowest BCUT2D eigenvalue weighted by Gasteiger charge is -2.35. The number of carbonyl (C=O) groups excluding carboxylic acids is 1. The quantitative estimate of drug-likeness (QED) is 0.677. The van der Waals surface area contributed by atoms with Crippen molar-refractivity contribution in [3.8, 4) is 0 Å². The molecule has 1 unspecified atom stereocenters. The van der Waals surface area contributed by atoms with Crippen molar-refractivity contribution in [2.75, 3.05) is 39.8 Å². The molecule has 0 radical (unpaired) electrons. The number of hydrogen-bond acceptors (Lipinski definition) is 6. The highest BCUT2D eigenvalue weighted by atomic mass is 32.1. The number of aryl methyl sites for hydroxylation is 2. The third-order valence-corrected chi connectivity index (χ3v) is 6.96. The lowest BCUT2D eigenvalue weighted by Crippen LogP contribution is -2.47. The second-order valence-electron chi connectivity index (χ2n) is 7.94. The summed E-state index contributed by atoms with van der Waals surface area (Å²) in [5.41, 5.74) is 1.66. The summed E-state index contributed by atoms with van der Waals surface area (Å²) in [5.74, 6) is -0.152. The zero-order valence-electron chi connectivity index (χ0n) is 17.6. The van der Waals surface area contributed by atoms with E-state index in [0.29, 0.717) is 20.7 Å². The van der Waals surface area contributed by atoms with Crippen molar-refractivity contribution in [1.82, 2.24) is 24.7 Å². The third-order valence-electron chi connectivity index (χ3n) is 5.76. The number of thiophene rings is 1. The van der Waals surface area contributed by atoms with E-state index in [0.717, 1.165) is 38.3 Å². The number of carbonyl (C=O) groups is 1. The first kappa shape index (κ1) is 20.7. The van der Waals surface area contributed by atoms with E-state index in [2.05, 4.69) is 39.3 Å². The normalized spacial score (nSPS) is 16.6. The minimum Gasteiger partial charge on any atom is -0.343 e. The van der Waals surface area contributed by atoms with Crippen LogP contribution in [0.1, 0.15) is 26.8 Å². The van der Waals surface area contributed by atoms with Gasteiger partial charge in [0.2, 0.25) is 0 Å². The fourth-order valence-electron chi connectivity index (χ4n) is 3.86. The van der Waals surface area contributed by atoms with Crippen molar-refractivity contribution in [3.63, 3.8) is 0 Å². The number of likely N-dealkylation sites (N-methyl/N-ethyl adjacent to an activating group) is 1. The minimum absolute atomic E-state index is 0.121. The van der Waals surface area contributed by atoms with Crippen LogP contribution in [0.2, 0.25) is 0 Å². The van der Waals surface area contributed by atoms with Crippen LogP contribution in [-0.2, 0) is 7.05 Å². The van der Waals surface area contributed by atoms with Gasteiger partial charge in [0, 0.05) is 39.8 Å². The molecule has 7 nitrogen and oxygen atoms in total. The molecule has 2 aromatic heterocycles. The summed E-state index contributed by atoms with van der Waals surface area (Å²) in [6.45, 7) is 6.61. The van der Waals surface area contributed by atoms with Gasteiger partial charge in [-0.2, -0.15) is 0 Å². The Balaban J connectivity index is 1.60. The predicted octanol–water partition coefficient (Wildman–Crippen LogP) is 2.02. The molecular weight excluding hydrogens is 398 g/mol. The van der Waals surface area contributed by atoms with Crippen molar-refractivity contribution in [2.24, 2.45) is 7.05 Å². The van der Waals surface area contributed by atoms with Crippen molar-refractivity contribution in [2.45, 2.75) is 13.0 Å². The second kappa shape index (κ2) is 8.67. The highest BCUT2D eigenvalue weighted by Gasteiger charge is 2.24. The maximum Gasteiger partial charge on any atom is 0.262 e. The molecule has 3 heterocycles. The molecule has 1 N–H and O–H groups in total. The third kappa shape index (κ3) is 4.16. The Hall–Kier alpha value is -2.55. The first-order valence-corrected chi connectivity index (χ1v) is 11.0. The molecule has 0 saturated carbocycles. The average molecular weight is 426 g/mol. The molecule has 30 heavy (non-hydrogen) atoms. The standard InChI is InChI=1S/C22H27N5O2S/c1-15-18-21(23-14-26(3)22(18)29)30-19(15)20(28)24-17(16-7-5-4-6-8-16)13-27-11-9-25(2)10-12-27/h4-8,14,17H,9-13H2,1-3H3,(H,24,28). The Kier molecular flexibility index (Phi) is 5.99. The largest absolute Gasteiger partial charge is 0.343 e. The molecule has 4 rings (SSSR count). The van der Waals surface area contributed by atoms with E-state index in [1.165, 1.54) is 22.2 Å². The van der Waals surface area contributed by atoms with Gasteiger partial charge in [0.05, 0.1) is 22.6 Å². The molecule has 1 aliphatic rings. The van der Waals surface area contributed by atoms with E-state index in [1.54, 1.807) is 7.05 Å². The summed E-state index contributed by atoms with van der Waals surface area (Å²) in [7, 11) is 3.81. The van der Waals surface area contributed by atoms with Gasteiger partial charge in [0.15, 0.2) is 0 Å². The van der Waals surface area contributed by atoms with E-state index in [-0.39, 0.29) is 17.5 Å². The smallest absolute Gasteiger partial charge is 0.262 e. The summed E-state index contributed by atoms with van der Waals surface area (Å²) < 4.78 is 1.45. The van der Waals surface area contributed by atoms with Gasteiger partial charge in [-0.1, -0.05) is 30.3 Å². The van der Waals surface area contributed by atoms with Crippen LogP contribution >= 0.6 is 11.3 Å². The van der Waals surface area contributed by atoms with Crippen LogP contribution < -0.4 is 10.9 Å². The van der Waals surface area contributed by atoms with Gasteiger partial charge in [-0.25, -0.2) is 4.98 Å². The molecule has 1 aromatic carbocycles. The number of rotatable bonds is 5. The Bertz CT molecular complexity index is 1100. The molecular formula is C22H27N5O2S. The van der Waals surface area contributed by atoms with Crippen LogP contribution in [0.3, 0.4) is 0 Å². The highest BCUT2D eigenvalue weighted by Crippen LogP contribution is 2.27. The van der Waals surface area contributed by atoms with Crippen LogP contribution in [0.15, 0.2) is 41.5 Å². The van der Waals surface area contributed by atoms with Crippen LogP contribution in [0.5, 0.6) is 0 Å². The zero-order chi connectivity index (χ0) is 21.3. The van der Waals surface area contributed by atoms with Gasteiger partial charge in [0.25, 0.3) is 11.5 Å². The van der Waals surface area contributed by atoms with Crippen molar-refractivity contribution in [1.29, 1.82) is 0 Å². The summed E-state index contributed by atoms with van der Waals surface area (Å²) in [5, 5.41) is 3.76. The van der Waals surface area contributed by atoms with Crippen molar-refractivity contribution >= 4 is 27.5 Å². The molecule has 1 saturated heterocycles. The Morgan fingerprint density at radius 3 is 2.57 bits per heavy atom. The van der Waals surface area contributed by atoms with Gasteiger partial charge in [0.1, 0.15) is 4.83 Å². The zero-order valence-corrected chi connectivity index (χ0v) is 18.4. The number of hydrogen-bond donors (Lipinski definition) is 1. The topological polar surface area (TPSA) is 70.5 Å². The van der Waals surface area contributed by atoms with Crippen molar-refractivity contribution in [3.05, 3.63) is 63.0 Å². The maximum atomic E-state index is 13.2. The lowest BCUT2D eigenvalue weighted by atomic mass is 10.1. The van der Waals surface area contributed by atoms with Crippen LogP contribution in [0.25, 0.3) is 10.2 Å². The summed E-state index contributed by atoms with van der Waals surface area (Å²) in [6.07, 6.45) is 1.50. The van der Waals surface area contributed by atoms with E-state index in [9.17, 15) is 9.59 Å². The predicted molar refractivity (Wildman–Crippen MR) is 120 cm³/mol. The molecule has 0 bridgehead atoms. The lowest BCUT2D eigenvalue weighted by molar-refractivity contribution is 0.0911. The molecule has 1 fully saturated rings. The van der Waals surface area contributed by atoms with E-state index >= 15 is 0 Å². The van der Waals surface area contributed by atoms with Gasteiger partial charge >= 0.3 is 0 Å². The molecule has 0 aliphatic carbocycles. The molecule has 158 valence electrons. The van der Waals surface area contributed by atoms with Crippen LogP contribution in [0.4, 0.5) is 0 Å². The number of amides is 1. The fraction of sp³-hybridized carbons (Fsp3) is 0.409. The Morgan fingerprint density at radius 2 is 1.87 bits per heavy atom. The van der Waals surface area contributed by atoms with Crippen LogP contribution in [-0.4, -0.2) is 65.0 Å². The Labute approximate surface area is 179 Å². The maximum absolute atomic E-state index is 13.2. The van der Waals surface area contributed by atoms with Gasteiger partial charge in [-0.05, 0) is 25.1 Å². The fourth-order valence-corrected chi connectivity index (χ4v) is 4.90. The number of nitrogens with one attached hydrogen (secondary N) is 1. The number of aromatic nitrogens is 2. The van der Waals surface area contributed by atoms with E-state index in [4.69, 9.17) is 0 Å². The number of benzene rings is 1. The minimum atomic E-state index is -0.152. The first-order chi connectivity index (χ1) is 14.4. The molecule has 8 heteroatoms.